The molecule has 0 aliphatic carbocycles. The summed E-state index contributed by atoms with van der Waals surface area (Å²) in [6.07, 6.45) is 0. The third-order valence-electron chi connectivity index (χ3n) is 3.66. The van der Waals surface area contributed by atoms with Crippen molar-refractivity contribution in [2.75, 3.05) is 5.32 Å². The summed E-state index contributed by atoms with van der Waals surface area (Å²) in [7, 11) is 1.97. The van der Waals surface area contributed by atoms with Gasteiger partial charge in [0.25, 0.3) is 0 Å². The normalized spacial score (nSPS) is 10.0. The van der Waals surface area contributed by atoms with Crippen LogP contribution in [0.3, 0.4) is 0 Å². The molecule has 2 aromatic carbocycles. The number of anilines is 1. The number of nitrogens with one attached hydrogen (secondary N) is 1. The molecule has 0 amide bonds. The van der Waals surface area contributed by atoms with Gasteiger partial charge >= 0.3 is 0 Å². The second kappa shape index (κ2) is 6.80. The zero-order chi connectivity index (χ0) is 16.1. The van der Waals surface area contributed by atoms with Crippen LogP contribution in [0.1, 0.15) is 22.8 Å². The summed E-state index contributed by atoms with van der Waals surface area (Å²) in [5, 5.41) is 11.6. The van der Waals surface area contributed by atoms with Gasteiger partial charge in [-0.1, -0.05) is 42.2 Å². The second-order valence-electron chi connectivity index (χ2n) is 5.24. The third kappa shape index (κ3) is 3.58. The highest BCUT2D eigenvalue weighted by Gasteiger charge is 2.05. The molecule has 1 heterocycles. The van der Waals surface area contributed by atoms with Crippen LogP contribution in [-0.2, 0) is 13.6 Å². The maximum atomic E-state index is 4.17. The molecule has 0 saturated heterocycles. The van der Waals surface area contributed by atoms with Gasteiger partial charge < -0.3 is 9.88 Å². The van der Waals surface area contributed by atoms with Crippen molar-refractivity contribution in [1.29, 1.82) is 0 Å². The molecule has 3 aromatic rings. The van der Waals surface area contributed by atoms with E-state index < -0.39 is 0 Å². The molecule has 0 unspecified atom stereocenters. The maximum absolute atomic E-state index is 4.17. The van der Waals surface area contributed by atoms with Gasteiger partial charge in [-0.25, -0.2) is 0 Å². The molecule has 0 radical (unpaired) electrons. The van der Waals surface area contributed by atoms with Crippen LogP contribution in [-0.4, -0.2) is 14.8 Å². The molecule has 0 spiro atoms. The molecular formula is C19H18N4. The van der Waals surface area contributed by atoms with Crippen molar-refractivity contribution in [2.24, 2.45) is 7.05 Å². The number of para-hydroxylation sites is 1. The van der Waals surface area contributed by atoms with Crippen molar-refractivity contribution in [2.45, 2.75) is 13.5 Å². The quantitative estimate of drug-likeness (QED) is 0.756. The summed E-state index contributed by atoms with van der Waals surface area (Å²) in [4.78, 5) is 0. The lowest BCUT2D eigenvalue weighted by atomic mass is 10.1. The molecule has 1 aromatic heterocycles. The lowest BCUT2D eigenvalue weighted by Crippen LogP contribution is -2.07. The standard InChI is InChI=1S/C19H18N4/c1-15-21-22-19(23(15)2)14-20-18-11-7-6-10-17(18)13-12-16-8-4-3-5-9-16/h3-11,20H,14H2,1-2H3. The van der Waals surface area contributed by atoms with E-state index in [-0.39, 0.29) is 0 Å². The van der Waals surface area contributed by atoms with Crippen molar-refractivity contribution < 1.29 is 0 Å². The number of rotatable bonds is 3. The first-order valence-corrected chi connectivity index (χ1v) is 7.49. The highest BCUT2D eigenvalue weighted by molar-refractivity contribution is 5.60. The van der Waals surface area contributed by atoms with Crippen LogP contribution in [0.4, 0.5) is 5.69 Å². The molecule has 3 rings (SSSR count). The van der Waals surface area contributed by atoms with Gasteiger partial charge in [0, 0.05) is 18.2 Å². The number of nitrogens with zero attached hydrogens (tertiary/aromatic N) is 3. The van der Waals surface area contributed by atoms with Crippen molar-refractivity contribution in [3.8, 4) is 11.8 Å². The van der Waals surface area contributed by atoms with E-state index in [1.807, 2.05) is 73.1 Å². The summed E-state index contributed by atoms with van der Waals surface area (Å²) >= 11 is 0. The van der Waals surface area contributed by atoms with Crippen LogP contribution in [0.25, 0.3) is 0 Å². The smallest absolute Gasteiger partial charge is 0.152 e. The van der Waals surface area contributed by atoms with E-state index in [4.69, 9.17) is 0 Å². The third-order valence-corrected chi connectivity index (χ3v) is 3.66. The van der Waals surface area contributed by atoms with E-state index >= 15 is 0 Å². The van der Waals surface area contributed by atoms with E-state index in [0.717, 1.165) is 28.5 Å². The molecule has 0 fully saturated rings. The minimum absolute atomic E-state index is 0.612. The Morgan fingerprint density at radius 1 is 0.957 bits per heavy atom. The Morgan fingerprint density at radius 3 is 2.43 bits per heavy atom. The number of hydrogen-bond donors (Lipinski definition) is 1. The SMILES string of the molecule is Cc1nnc(CNc2ccccc2C#Cc2ccccc2)n1C. The maximum Gasteiger partial charge on any atom is 0.152 e. The Balaban J connectivity index is 1.79. The van der Waals surface area contributed by atoms with Crippen LogP contribution in [0.5, 0.6) is 0 Å². The van der Waals surface area contributed by atoms with Gasteiger partial charge in [-0.3, -0.25) is 0 Å². The molecule has 0 saturated carbocycles. The average Bonchev–Trinajstić information content (AvgIpc) is 2.91. The lowest BCUT2D eigenvalue weighted by Gasteiger charge is -2.08. The van der Waals surface area contributed by atoms with Crippen molar-refractivity contribution >= 4 is 5.69 Å². The summed E-state index contributed by atoms with van der Waals surface area (Å²) in [5.41, 5.74) is 2.97. The molecule has 0 atom stereocenters. The average molecular weight is 302 g/mol. The lowest BCUT2D eigenvalue weighted by molar-refractivity contribution is 0.789. The van der Waals surface area contributed by atoms with Gasteiger partial charge in [0.2, 0.25) is 0 Å². The molecule has 1 N–H and O–H groups in total. The van der Waals surface area contributed by atoms with Gasteiger partial charge in [0.15, 0.2) is 5.82 Å². The molecular weight excluding hydrogens is 284 g/mol. The first-order chi connectivity index (χ1) is 11.2. The fourth-order valence-electron chi connectivity index (χ4n) is 2.19. The molecule has 4 heteroatoms. The fourth-order valence-corrected chi connectivity index (χ4v) is 2.19. The zero-order valence-corrected chi connectivity index (χ0v) is 13.2. The summed E-state index contributed by atoms with van der Waals surface area (Å²) in [6, 6.07) is 18.0. The van der Waals surface area contributed by atoms with Gasteiger partial charge in [-0.2, -0.15) is 0 Å². The van der Waals surface area contributed by atoms with E-state index in [1.54, 1.807) is 0 Å². The largest absolute Gasteiger partial charge is 0.377 e. The number of hydrogen-bond acceptors (Lipinski definition) is 3. The van der Waals surface area contributed by atoms with Crippen molar-refractivity contribution in [1.82, 2.24) is 14.8 Å². The number of benzene rings is 2. The first-order valence-electron chi connectivity index (χ1n) is 7.49. The fraction of sp³-hybridized carbons (Fsp3) is 0.158. The Labute approximate surface area is 136 Å². The summed E-state index contributed by atoms with van der Waals surface area (Å²) in [5.74, 6) is 8.22. The van der Waals surface area contributed by atoms with Crippen LogP contribution >= 0.6 is 0 Å². The number of aryl methyl sites for hydroxylation is 1. The summed E-state index contributed by atoms with van der Waals surface area (Å²) < 4.78 is 1.98. The van der Waals surface area contributed by atoms with E-state index in [2.05, 4.69) is 27.4 Å². The minimum Gasteiger partial charge on any atom is -0.377 e. The number of aromatic nitrogens is 3. The van der Waals surface area contributed by atoms with Crippen LogP contribution in [0.2, 0.25) is 0 Å². The van der Waals surface area contributed by atoms with E-state index in [0.29, 0.717) is 6.54 Å². The molecule has 114 valence electrons. The topological polar surface area (TPSA) is 42.7 Å². The Hall–Kier alpha value is -3.06. The highest BCUT2D eigenvalue weighted by Crippen LogP contribution is 2.15. The Bertz CT molecular complexity index is 854. The van der Waals surface area contributed by atoms with Crippen LogP contribution in [0, 0.1) is 18.8 Å². The first kappa shape index (κ1) is 14.9. The summed E-state index contributed by atoms with van der Waals surface area (Å²) in [6.45, 7) is 2.55. The molecule has 0 bridgehead atoms. The molecule has 0 aliphatic rings. The van der Waals surface area contributed by atoms with Crippen molar-refractivity contribution in [3.05, 3.63) is 77.4 Å². The Morgan fingerprint density at radius 2 is 1.70 bits per heavy atom. The molecule has 23 heavy (non-hydrogen) atoms. The van der Waals surface area contributed by atoms with E-state index in [1.165, 1.54) is 0 Å². The molecule has 0 aliphatic heterocycles. The second-order valence-corrected chi connectivity index (χ2v) is 5.24. The van der Waals surface area contributed by atoms with E-state index in [9.17, 15) is 0 Å². The van der Waals surface area contributed by atoms with Gasteiger partial charge in [-0.15, -0.1) is 10.2 Å². The Kier molecular flexibility index (Phi) is 4.39. The zero-order valence-electron chi connectivity index (χ0n) is 13.2. The predicted octanol–water partition coefficient (Wildman–Crippen LogP) is 3.14. The van der Waals surface area contributed by atoms with Crippen LogP contribution < -0.4 is 5.32 Å². The van der Waals surface area contributed by atoms with Crippen molar-refractivity contribution in [3.63, 3.8) is 0 Å². The van der Waals surface area contributed by atoms with Gasteiger partial charge in [0.1, 0.15) is 5.82 Å². The van der Waals surface area contributed by atoms with Gasteiger partial charge in [-0.05, 0) is 31.2 Å². The molecule has 4 nitrogen and oxygen atoms in total. The van der Waals surface area contributed by atoms with Crippen LogP contribution in [0.15, 0.2) is 54.6 Å². The van der Waals surface area contributed by atoms with Gasteiger partial charge in [0.05, 0.1) is 12.2 Å². The highest BCUT2D eigenvalue weighted by atomic mass is 15.3. The minimum atomic E-state index is 0.612. The predicted molar refractivity (Wildman–Crippen MR) is 91.9 cm³/mol. The monoisotopic (exact) mass is 302 g/mol.